The molecule has 2 aromatic heterocycles. The largest absolute Gasteiger partial charge is 0.467 e. The number of methoxy groups -OCH3 is 2. The van der Waals surface area contributed by atoms with Crippen molar-refractivity contribution in [1.29, 1.82) is 0 Å². The molecule has 2 heterocycles. The molecule has 2 amide bonds. The lowest BCUT2D eigenvalue weighted by molar-refractivity contribution is -0.144. The van der Waals surface area contributed by atoms with Crippen LogP contribution in [0, 0.1) is 0 Å². The molecular weight excluding hydrogens is 480 g/mol. The molecule has 0 unspecified atom stereocenters. The number of nitrogens with zero attached hydrogens (tertiary/aromatic N) is 2. The highest BCUT2D eigenvalue weighted by molar-refractivity contribution is 8.76. The van der Waals surface area contributed by atoms with Gasteiger partial charge in [-0.3, -0.25) is 9.59 Å². The van der Waals surface area contributed by atoms with Crippen LogP contribution in [0.15, 0.2) is 49.1 Å². The van der Waals surface area contributed by atoms with Crippen LogP contribution in [-0.4, -0.2) is 70.7 Å². The summed E-state index contributed by atoms with van der Waals surface area (Å²) in [7, 11) is 5.10. The lowest BCUT2D eigenvalue weighted by Gasteiger charge is -2.18. The zero-order valence-electron chi connectivity index (χ0n) is 19.2. The second-order valence-electron chi connectivity index (χ2n) is 7.20. The van der Waals surface area contributed by atoms with Gasteiger partial charge in [0.05, 0.1) is 14.2 Å². The van der Waals surface area contributed by atoms with E-state index in [4.69, 9.17) is 9.47 Å². The van der Waals surface area contributed by atoms with E-state index in [1.165, 1.54) is 35.8 Å². The van der Waals surface area contributed by atoms with Crippen molar-refractivity contribution < 1.29 is 28.7 Å². The van der Waals surface area contributed by atoms with Crippen molar-refractivity contribution in [2.24, 2.45) is 0 Å². The maximum Gasteiger partial charge on any atom is 0.329 e. The number of carbonyl (C=O) groups is 4. The average Bonchev–Trinajstić information content (AvgIpc) is 3.55. The van der Waals surface area contributed by atoms with E-state index in [1.807, 2.05) is 58.2 Å². The maximum atomic E-state index is 12.2. The first-order valence-corrected chi connectivity index (χ1v) is 13.1. The molecule has 2 N–H and O–H groups in total. The van der Waals surface area contributed by atoms with Crippen LogP contribution < -0.4 is 10.6 Å². The summed E-state index contributed by atoms with van der Waals surface area (Å²) in [6.07, 6.45) is 7.87. The predicted octanol–water partition coefficient (Wildman–Crippen LogP) is 1.47. The summed E-state index contributed by atoms with van der Waals surface area (Å²) in [4.78, 5) is 48.7. The van der Waals surface area contributed by atoms with Crippen molar-refractivity contribution in [3.8, 4) is 0 Å². The Hall–Kier alpha value is -2.86. The van der Waals surface area contributed by atoms with Gasteiger partial charge in [0, 0.05) is 62.2 Å². The molecule has 0 aromatic carbocycles. The topological polar surface area (TPSA) is 121 Å². The highest BCUT2D eigenvalue weighted by Gasteiger charge is 2.24. The van der Waals surface area contributed by atoms with E-state index >= 15 is 0 Å². The number of amides is 2. The minimum absolute atomic E-state index is 0.222. The third-order valence-electron chi connectivity index (χ3n) is 4.72. The summed E-state index contributed by atoms with van der Waals surface area (Å²) in [5, 5.41) is 5.38. The number of aryl methyl sites for hydroxylation is 2. The molecule has 0 aliphatic carbocycles. The van der Waals surface area contributed by atoms with Crippen molar-refractivity contribution in [1.82, 2.24) is 19.8 Å². The summed E-state index contributed by atoms with van der Waals surface area (Å²) in [5.41, 5.74) is 0. The fraction of sp³-hybridized carbons (Fsp3) is 0.455. The van der Waals surface area contributed by atoms with E-state index in [0.29, 0.717) is 13.1 Å². The van der Waals surface area contributed by atoms with Crippen molar-refractivity contribution >= 4 is 45.3 Å². The molecule has 10 nitrogen and oxygen atoms in total. The molecule has 34 heavy (non-hydrogen) atoms. The molecule has 0 spiro atoms. The zero-order valence-corrected chi connectivity index (χ0v) is 20.8. The van der Waals surface area contributed by atoms with Gasteiger partial charge in [0.1, 0.15) is 12.1 Å². The Balaban J connectivity index is 1.77. The van der Waals surface area contributed by atoms with E-state index in [9.17, 15) is 19.2 Å². The number of carbonyl (C=O) groups excluding carboxylic acids is 4. The highest BCUT2D eigenvalue weighted by atomic mass is 33.1. The number of nitrogens with one attached hydrogen (secondary N) is 2. The van der Waals surface area contributed by atoms with E-state index in [1.54, 1.807) is 0 Å². The molecule has 0 radical (unpaired) electrons. The van der Waals surface area contributed by atoms with Gasteiger partial charge in [0.2, 0.25) is 11.8 Å². The van der Waals surface area contributed by atoms with Gasteiger partial charge in [0.25, 0.3) is 0 Å². The second-order valence-corrected chi connectivity index (χ2v) is 9.75. The van der Waals surface area contributed by atoms with Crippen LogP contribution in [0.1, 0.15) is 12.8 Å². The summed E-state index contributed by atoms with van der Waals surface area (Å²) in [6, 6.07) is 5.83. The second kappa shape index (κ2) is 15.1. The minimum Gasteiger partial charge on any atom is -0.467 e. The molecular formula is C22H30N4O6S2. The van der Waals surface area contributed by atoms with E-state index < -0.39 is 24.0 Å². The Morgan fingerprint density at radius 3 is 1.38 bits per heavy atom. The molecule has 0 saturated carbocycles. The molecule has 0 fully saturated rings. The van der Waals surface area contributed by atoms with Crippen molar-refractivity contribution in [3.05, 3.63) is 49.1 Å². The van der Waals surface area contributed by atoms with E-state index in [0.717, 1.165) is 0 Å². The molecule has 0 saturated heterocycles. The number of hydrogen-bond acceptors (Lipinski definition) is 8. The predicted molar refractivity (Wildman–Crippen MR) is 131 cm³/mol. The number of ether oxygens (including phenoxy) is 2. The Morgan fingerprint density at radius 1 is 0.706 bits per heavy atom. The summed E-state index contributed by atoms with van der Waals surface area (Å²) in [5.74, 6) is -1.16. The van der Waals surface area contributed by atoms with Gasteiger partial charge in [-0.1, -0.05) is 21.6 Å². The summed E-state index contributed by atoms with van der Waals surface area (Å²) >= 11 is 0. The molecule has 186 valence electrons. The quantitative estimate of drug-likeness (QED) is 0.210. The molecule has 12 heteroatoms. The lowest BCUT2D eigenvalue weighted by atomic mass is 10.3. The van der Waals surface area contributed by atoms with Crippen molar-refractivity contribution in [2.75, 3.05) is 25.7 Å². The number of aromatic nitrogens is 2. The Morgan fingerprint density at radius 2 is 1.06 bits per heavy atom. The molecule has 0 aliphatic heterocycles. The minimum atomic E-state index is -0.826. The van der Waals surface area contributed by atoms with Crippen LogP contribution in [0.3, 0.4) is 0 Å². The first-order chi connectivity index (χ1) is 16.4. The lowest BCUT2D eigenvalue weighted by Crippen LogP contribution is -2.44. The first kappa shape index (κ1) is 27.4. The fourth-order valence-corrected chi connectivity index (χ4v) is 5.18. The van der Waals surface area contributed by atoms with Gasteiger partial charge in [-0.2, -0.15) is 0 Å². The highest BCUT2D eigenvalue weighted by Crippen LogP contribution is 2.23. The third kappa shape index (κ3) is 9.96. The number of rotatable bonds is 15. The van der Waals surface area contributed by atoms with Gasteiger partial charge < -0.3 is 29.2 Å². The normalized spacial score (nSPS) is 12.4. The van der Waals surface area contributed by atoms with E-state index in [2.05, 4.69) is 10.6 Å². The Bertz CT molecular complexity index is 830. The van der Waals surface area contributed by atoms with Crippen LogP contribution in [0.4, 0.5) is 0 Å². The summed E-state index contributed by atoms with van der Waals surface area (Å²) < 4.78 is 13.3. The van der Waals surface area contributed by atoms with Gasteiger partial charge in [-0.05, 0) is 24.3 Å². The van der Waals surface area contributed by atoms with Crippen molar-refractivity contribution in [3.63, 3.8) is 0 Å². The van der Waals surface area contributed by atoms with Gasteiger partial charge in [0.15, 0.2) is 0 Å². The SMILES string of the molecule is COC(=O)[C@H](CSSC[C@H](NC(=O)CCn1cccc1)C(=O)OC)NC(=O)CCn1cccc1. The van der Waals surface area contributed by atoms with Crippen LogP contribution in [0.5, 0.6) is 0 Å². The molecule has 2 aromatic rings. The van der Waals surface area contributed by atoms with Gasteiger partial charge in [-0.25, -0.2) is 9.59 Å². The van der Waals surface area contributed by atoms with E-state index in [-0.39, 0.29) is 36.2 Å². The van der Waals surface area contributed by atoms with Crippen LogP contribution in [0.25, 0.3) is 0 Å². The standard InChI is InChI=1S/C22H30N4O6S2/c1-31-21(29)17(23-19(27)7-13-25-9-3-4-10-25)15-33-34-16-18(22(30)32-2)24-20(28)8-14-26-11-5-6-12-26/h3-6,9-12,17-18H,7-8,13-16H2,1-2H3,(H,23,27)(H,24,28)/t17-,18-/m0/s1. The smallest absolute Gasteiger partial charge is 0.329 e. The summed E-state index contributed by atoms with van der Waals surface area (Å²) in [6.45, 7) is 0.999. The maximum absolute atomic E-state index is 12.2. The molecule has 0 bridgehead atoms. The Labute approximate surface area is 206 Å². The first-order valence-electron chi connectivity index (χ1n) is 10.6. The van der Waals surface area contributed by atoms with Crippen LogP contribution in [-0.2, 0) is 41.7 Å². The average molecular weight is 511 g/mol. The monoisotopic (exact) mass is 510 g/mol. The van der Waals surface area contributed by atoms with Crippen LogP contribution in [0.2, 0.25) is 0 Å². The van der Waals surface area contributed by atoms with Crippen LogP contribution >= 0.6 is 21.6 Å². The van der Waals surface area contributed by atoms with Gasteiger partial charge >= 0.3 is 11.9 Å². The molecule has 2 rings (SSSR count). The molecule has 2 atom stereocenters. The number of hydrogen-bond donors (Lipinski definition) is 2. The molecule has 0 aliphatic rings. The van der Waals surface area contributed by atoms with Crippen molar-refractivity contribution in [2.45, 2.75) is 38.0 Å². The zero-order chi connectivity index (χ0) is 24.8. The van der Waals surface area contributed by atoms with Gasteiger partial charge in [-0.15, -0.1) is 0 Å². The fourth-order valence-electron chi connectivity index (χ4n) is 2.89. The Kier molecular flexibility index (Phi) is 12.2. The third-order valence-corrected chi connectivity index (χ3v) is 7.14. The number of esters is 2.